The predicted molar refractivity (Wildman–Crippen MR) is 82.7 cm³/mol. The Morgan fingerprint density at radius 3 is 2.40 bits per heavy atom. The summed E-state index contributed by atoms with van der Waals surface area (Å²) in [7, 11) is 0. The van der Waals surface area contributed by atoms with E-state index in [1.54, 1.807) is 24.3 Å². The summed E-state index contributed by atoms with van der Waals surface area (Å²) in [6.07, 6.45) is 4.27. The third-order valence-corrected chi connectivity index (χ3v) is 3.98. The molecule has 0 radical (unpaired) electrons. The molecule has 0 aliphatic heterocycles. The first-order valence-corrected chi connectivity index (χ1v) is 7.65. The molecular weight excluding hydrogens is 322 g/mol. The van der Waals surface area contributed by atoms with Crippen molar-refractivity contribution in [1.82, 2.24) is 0 Å². The molecule has 0 atom stereocenters. The molecular formula is C17H17BrF2. The highest BCUT2D eigenvalue weighted by molar-refractivity contribution is 9.10. The van der Waals surface area contributed by atoms with Gasteiger partial charge in [0.05, 0.1) is 4.47 Å². The van der Waals surface area contributed by atoms with Crippen LogP contribution in [0.2, 0.25) is 0 Å². The molecule has 0 unspecified atom stereocenters. The van der Waals surface area contributed by atoms with Crippen molar-refractivity contribution >= 4 is 15.9 Å². The van der Waals surface area contributed by atoms with E-state index in [-0.39, 0.29) is 11.6 Å². The van der Waals surface area contributed by atoms with E-state index in [4.69, 9.17) is 0 Å². The molecule has 2 aromatic rings. The summed E-state index contributed by atoms with van der Waals surface area (Å²) in [5.41, 5.74) is 2.00. The standard InChI is InChI=1S/C17H17BrF2/c1-2-3-4-5-12-6-8-14(16(19)10-12)13-7-9-15(18)17(20)11-13/h6-11H,2-5H2,1H3. The van der Waals surface area contributed by atoms with Crippen molar-refractivity contribution < 1.29 is 8.78 Å². The zero-order chi connectivity index (χ0) is 14.5. The first kappa shape index (κ1) is 15.2. The van der Waals surface area contributed by atoms with E-state index in [0.29, 0.717) is 15.6 Å². The summed E-state index contributed by atoms with van der Waals surface area (Å²) in [5, 5.41) is 0. The Bertz CT molecular complexity index is 594. The summed E-state index contributed by atoms with van der Waals surface area (Å²) in [5.74, 6) is -0.672. The van der Waals surface area contributed by atoms with Crippen LogP contribution in [-0.2, 0) is 6.42 Å². The zero-order valence-corrected chi connectivity index (χ0v) is 13.0. The summed E-state index contributed by atoms with van der Waals surface area (Å²) >= 11 is 3.10. The Hall–Kier alpha value is -1.22. The lowest BCUT2D eigenvalue weighted by Crippen LogP contribution is -1.91. The second-order valence-corrected chi connectivity index (χ2v) is 5.75. The number of unbranched alkanes of at least 4 members (excludes halogenated alkanes) is 2. The van der Waals surface area contributed by atoms with Crippen LogP contribution in [0.25, 0.3) is 11.1 Å². The van der Waals surface area contributed by atoms with Crippen LogP contribution in [0.3, 0.4) is 0 Å². The predicted octanol–water partition coefficient (Wildman–Crippen LogP) is 6.13. The van der Waals surface area contributed by atoms with Crippen molar-refractivity contribution in [3.8, 4) is 11.1 Å². The van der Waals surface area contributed by atoms with Gasteiger partial charge >= 0.3 is 0 Å². The molecule has 0 saturated carbocycles. The highest BCUT2D eigenvalue weighted by atomic mass is 79.9. The van der Waals surface area contributed by atoms with E-state index in [1.807, 2.05) is 6.07 Å². The third-order valence-electron chi connectivity index (χ3n) is 3.33. The molecule has 0 N–H and O–H groups in total. The third kappa shape index (κ3) is 3.66. The fraction of sp³-hybridized carbons (Fsp3) is 0.294. The van der Waals surface area contributed by atoms with Crippen molar-refractivity contribution in [2.75, 3.05) is 0 Å². The SMILES string of the molecule is CCCCCc1ccc(-c2ccc(Br)c(F)c2)c(F)c1. The maximum Gasteiger partial charge on any atom is 0.137 e. The van der Waals surface area contributed by atoms with Crippen LogP contribution < -0.4 is 0 Å². The van der Waals surface area contributed by atoms with Gasteiger partial charge < -0.3 is 0 Å². The monoisotopic (exact) mass is 338 g/mol. The molecule has 106 valence electrons. The summed E-state index contributed by atoms with van der Waals surface area (Å²) in [4.78, 5) is 0. The molecule has 0 heterocycles. The number of benzene rings is 2. The first-order chi connectivity index (χ1) is 9.61. The minimum absolute atomic E-state index is 0.291. The number of hydrogen-bond donors (Lipinski definition) is 0. The van der Waals surface area contributed by atoms with Crippen molar-refractivity contribution in [2.45, 2.75) is 32.6 Å². The Labute approximate surface area is 127 Å². The van der Waals surface area contributed by atoms with Crippen LogP contribution in [0.1, 0.15) is 31.7 Å². The van der Waals surface area contributed by atoms with Gasteiger partial charge in [0.1, 0.15) is 11.6 Å². The van der Waals surface area contributed by atoms with Crippen LogP contribution in [0.5, 0.6) is 0 Å². The van der Waals surface area contributed by atoms with E-state index in [1.165, 1.54) is 6.07 Å². The van der Waals surface area contributed by atoms with E-state index in [9.17, 15) is 8.78 Å². The van der Waals surface area contributed by atoms with Gasteiger partial charge in [0.15, 0.2) is 0 Å². The minimum atomic E-state index is -0.381. The molecule has 0 aliphatic carbocycles. The van der Waals surface area contributed by atoms with Gasteiger partial charge in [-0.05, 0) is 58.1 Å². The van der Waals surface area contributed by atoms with E-state index < -0.39 is 0 Å². The van der Waals surface area contributed by atoms with Crippen LogP contribution in [0.15, 0.2) is 40.9 Å². The van der Waals surface area contributed by atoms with Crippen LogP contribution >= 0.6 is 15.9 Å². The molecule has 0 aromatic heterocycles. The topological polar surface area (TPSA) is 0 Å². The second kappa shape index (κ2) is 6.98. The lowest BCUT2D eigenvalue weighted by atomic mass is 10.0. The largest absolute Gasteiger partial charge is 0.206 e. The lowest BCUT2D eigenvalue weighted by Gasteiger charge is -2.07. The molecule has 20 heavy (non-hydrogen) atoms. The van der Waals surface area contributed by atoms with Crippen LogP contribution in [0, 0.1) is 11.6 Å². The van der Waals surface area contributed by atoms with E-state index in [2.05, 4.69) is 22.9 Å². The Morgan fingerprint density at radius 1 is 0.950 bits per heavy atom. The Kier molecular flexibility index (Phi) is 5.30. The van der Waals surface area contributed by atoms with Crippen molar-refractivity contribution in [1.29, 1.82) is 0 Å². The average molecular weight is 339 g/mol. The van der Waals surface area contributed by atoms with E-state index >= 15 is 0 Å². The molecule has 0 spiro atoms. The molecule has 0 aliphatic rings. The smallest absolute Gasteiger partial charge is 0.137 e. The maximum atomic E-state index is 14.1. The van der Waals surface area contributed by atoms with Gasteiger partial charge in [-0.2, -0.15) is 0 Å². The normalized spacial score (nSPS) is 10.8. The van der Waals surface area contributed by atoms with Gasteiger partial charge in [-0.15, -0.1) is 0 Å². The molecule has 0 fully saturated rings. The van der Waals surface area contributed by atoms with E-state index in [0.717, 1.165) is 31.2 Å². The quantitative estimate of drug-likeness (QED) is 0.575. The molecule has 0 amide bonds. The zero-order valence-electron chi connectivity index (χ0n) is 11.4. The van der Waals surface area contributed by atoms with Gasteiger partial charge in [0.25, 0.3) is 0 Å². The number of rotatable bonds is 5. The Morgan fingerprint density at radius 2 is 1.75 bits per heavy atom. The Balaban J connectivity index is 2.22. The number of halogens is 3. The fourth-order valence-corrected chi connectivity index (χ4v) is 2.44. The highest BCUT2D eigenvalue weighted by Crippen LogP contribution is 2.27. The molecule has 2 aromatic carbocycles. The van der Waals surface area contributed by atoms with Gasteiger partial charge in [-0.3, -0.25) is 0 Å². The summed E-state index contributed by atoms with van der Waals surface area (Å²) in [6.45, 7) is 2.14. The molecule has 2 rings (SSSR count). The van der Waals surface area contributed by atoms with Gasteiger partial charge in [0, 0.05) is 5.56 Å². The van der Waals surface area contributed by atoms with Crippen molar-refractivity contribution in [3.63, 3.8) is 0 Å². The minimum Gasteiger partial charge on any atom is -0.206 e. The first-order valence-electron chi connectivity index (χ1n) is 6.85. The molecule has 0 saturated heterocycles. The van der Waals surface area contributed by atoms with Gasteiger partial charge in [0.2, 0.25) is 0 Å². The van der Waals surface area contributed by atoms with Crippen molar-refractivity contribution in [2.24, 2.45) is 0 Å². The molecule has 0 nitrogen and oxygen atoms in total. The summed E-state index contributed by atoms with van der Waals surface area (Å²) in [6, 6.07) is 9.87. The van der Waals surface area contributed by atoms with Crippen LogP contribution in [0.4, 0.5) is 8.78 Å². The lowest BCUT2D eigenvalue weighted by molar-refractivity contribution is 0.618. The van der Waals surface area contributed by atoms with Crippen LogP contribution in [-0.4, -0.2) is 0 Å². The number of hydrogen-bond acceptors (Lipinski definition) is 0. The highest BCUT2D eigenvalue weighted by Gasteiger charge is 2.08. The molecule has 3 heteroatoms. The van der Waals surface area contributed by atoms with Crippen molar-refractivity contribution in [3.05, 3.63) is 58.1 Å². The van der Waals surface area contributed by atoms with Gasteiger partial charge in [-0.1, -0.05) is 38.0 Å². The number of aryl methyl sites for hydroxylation is 1. The second-order valence-electron chi connectivity index (χ2n) is 4.90. The molecule has 0 bridgehead atoms. The fourth-order valence-electron chi connectivity index (χ4n) is 2.19. The van der Waals surface area contributed by atoms with Gasteiger partial charge in [-0.25, -0.2) is 8.78 Å². The average Bonchev–Trinajstić information content (AvgIpc) is 2.43. The summed E-state index contributed by atoms with van der Waals surface area (Å²) < 4.78 is 28.0. The maximum absolute atomic E-state index is 14.1.